The first-order valence-corrected chi connectivity index (χ1v) is 7.31. The normalized spacial score (nSPS) is 10.2. The molecular formula is C16H20N4O3. The number of nitrogens with zero attached hydrogens (tertiary/aromatic N) is 2. The van der Waals surface area contributed by atoms with Crippen molar-refractivity contribution in [2.75, 3.05) is 19.0 Å². The van der Waals surface area contributed by atoms with Gasteiger partial charge >= 0.3 is 12.0 Å². The molecule has 0 radical (unpaired) electrons. The summed E-state index contributed by atoms with van der Waals surface area (Å²) in [4.78, 5) is 27.4. The zero-order valence-electron chi connectivity index (χ0n) is 13.2. The number of rotatable bonds is 6. The van der Waals surface area contributed by atoms with Gasteiger partial charge in [0.2, 0.25) is 0 Å². The zero-order chi connectivity index (χ0) is 16.7. The lowest BCUT2D eigenvalue weighted by molar-refractivity contribution is 0.0600. The Morgan fingerprint density at radius 3 is 2.87 bits per heavy atom. The minimum absolute atomic E-state index is 0.311. The van der Waals surface area contributed by atoms with Gasteiger partial charge in [-0.2, -0.15) is 0 Å². The van der Waals surface area contributed by atoms with E-state index in [1.54, 1.807) is 30.5 Å². The average molecular weight is 316 g/mol. The van der Waals surface area contributed by atoms with Gasteiger partial charge in [0, 0.05) is 31.2 Å². The summed E-state index contributed by atoms with van der Waals surface area (Å²) in [6, 6.07) is 6.28. The molecule has 2 aromatic rings. The summed E-state index contributed by atoms with van der Waals surface area (Å²) in [6.07, 6.45) is 4.46. The minimum Gasteiger partial charge on any atom is -0.465 e. The third-order valence-corrected chi connectivity index (χ3v) is 3.33. The third kappa shape index (κ3) is 4.84. The topological polar surface area (TPSA) is 85.2 Å². The monoisotopic (exact) mass is 316 g/mol. The van der Waals surface area contributed by atoms with E-state index in [1.807, 2.05) is 17.7 Å². The van der Waals surface area contributed by atoms with Crippen molar-refractivity contribution in [3.05, 3.63) is 48.0 Å². The molecule has 23 heavy (non-hydrogen) atoms. The average Bonchev–Trinajstić information content (AvgIpc) is 2.96. The van der Waals surface area contributed by atoms with Crippen LogP contribution in [0.2, 0.25) is 0 Å². The number of benzene rings is 1. The fourth-order valence-electron chi connectivity index (χ4n) is 2.11. The zero-order valence-corrected chi connectivity index (χ0v) is 13.2. The fraction of sp³-hybridized carbons (Fsp3) is 0.312. The Bertz CT molecular complexity index is 681. The number of ether oxygens (including phenoxy) is 1. The van der Waals surface area contributed by atoms with Crippen LogP contribution in [0.1, 0.15) is 22.6 Å². The second-order valence-corrected chi connectivity index (χ2v) is 4.97. The molecule has 0 unspecified atom stereocenters. The van der Waals surface area contributed by atoms with Crippen LogP contribution in [-0.2, 0) is 11.3 Å². The molecule has 7 heteroatoms. The van der Waals surface area contributed by atoms with Crippen LogP contribution in [0.25, 0.3) is 0 Å². The quantitative estimate of drug-likeness (QED) is 0.632. The van der Waals surface area contributed by atoms with E-state index in [4.69, 9.17) is 0 Å². The summed E-state index contributed by atoms with van der Waals surface area (Å²) in [5.41, 5.74) is 0.928. The van der Waals surface area contributed by atoms with E-state index in [2.05, 4.69) is 20.4 Å². The van der Waals surface area contributed by atoms with Crippen molar-refractivity contribution in [3.63, 3.8) is 0 Å². The Hall–Kier alpha value is -2.83. The van der Waals surface area contributed by atoms with Gasteiger partial charge in [0.25, 0.3) is 0 Å². The van der Waals surface area contributed by atoms with Crippen molar-refractivity contribution in [2.45, 2.75) is 19.9 Å². The molecule has 0 atom stereocenters. The molecule has 0 saturated heterocycles. The van der Waals surface area contributed by atoms with Gasteiger partial charge in [0.05, 0.1) is 12.7 Å². The maximum absolute atomic E-state index is 11.8. The molecule has 0 fully saturated rings. The van der Waals surface area contributed by atoms with Gasteiger partial charge in [0.1, 0.15) is 5.82 Å². The summed E-state index contributed by atoms with van der Waals surface area (Å²) < 4.78 is 6.67. The summed E-state index contributed by atoms with van der Waals surface area (Å²) in [6.45, 7) is 3.28. The highest BCUT2D eigenvalue weighted by molar-refractivity contribution is 5.93. The molecule has 7 nitrogen and oxygen atoms in total. The van der Waals surface area contributed by atoms with Crippen LogP contribution in [-0.4, -0.2) is 35.2 Å². The van der Waals surface area contributed by atoms with Gasteiger partial charge in [-0.1, -0.05) is 6.07 Å². The van der Waals surface area contributed by atoms with Crippen LogP contribution >= 0.6 is 0 Å². The van der Waals surface area contributed by atoms with Crippen molar-refractivity contribution >= 4 is 17.7 Å². The lowest BCUT2D eigenvalue weighted by Gasteiger charge is -2.09. The molecule has 2 rings (SSSR count). The number of hydrogen-bond donors (Lipinski definition) is 2. The lowest BCUT2D eigenvalue weighted by atomic mass is 10.2. The van der Waals surface area contributed by atoms with Crippen LogP contribution in [0.15, 0.2) is 36.7 Å². The fourth-order valence-corrected chi connectivity index (χ4v) is 2.11. The molecule has 0 aliphatic rings. The van der Waals surface area contributed by atoms with Gasteiger partial charge in [-0.25, -0.2) is 14.6 Å². The molecule has 0 aliphatic carbocycles. The summed E-state index contributed by atoms with van der Waals surface area (Å²) in [5, 5.41) is 5.47. The predicted octanol–water partition coefficient (Wildman–Crippen LogP) is 2.19. The molecule has 0 saturated carbocycles. The molecule has 2 N–H and O–H groups in total. The molecule has 122 valence electrons. The van der Waals surface area contributed by atoms with Crippen molar-refractivity contribution < 1.29 is 14.3 Å². The molecule has 1 aromatic heterocycles. The van der Waals surface area contributed by atoms with E-state index < -0.39 is 5.97 Å². The maximum Gasteiger partial charge on any atom is 0.337 e. The molecule has 1 aromatic carbocycles. The van der Waals surface area contributed by atoms with Crippen molar-refractivity contribution in [3.8, 4) is 0 Å². The van der Waals surface area contributed by atoms with Gasteiger partial charge in [-0.05, 0) is 31.5 Å². The Kier molecular flexibility index (Phi) is 5.74. The molecule has 0 aliphatic heterocycles. The molecular weight excluding hydrogens is 296 g/mol. The molecule has 0 spiro atoms. The Labute approximate surface area is 134 Å². The number of carbonyl (C=O) groups is 2. The number of hydrogen-bond acceptors (Lipinski definition) is 4. The second kappa shape index (κ2) is 7.98. The largest absolute Gasteiger partial charge is 0.465 e. The number of imidazole rings is 1. The van der Waals surface area contributed by atoms with Crippen molar-refractivity contribution in [1.29, 1.82) is 0 Å². The number of carbonyl (C=O) groups excluding carboxylic acids is 2. The number of aromatic nitrogens is 2. The molecule has 0 bridgehead atoms. The maximum atomic E-state index is 11.8. The SMILES string of the molecule is COC(=O)c1cccc(NC(=O)NCCCn2ccnc2C)c1. The number of anilines is 1. The Morgan fingerprint density at radius 1 is 1.35 bits per heavy atom. The van der Waals surface area contributed by atoms with E-state index in [1.165, 1.54) is 7.11 Å². The number of methoxy groups -OCH3 is 1. The van der Waals surface area contributed by atoms with Crippen LogP contribution in [0.4, 0.5) is 10.5 Å². The summed E-state index contributed by atoms with van der Waals surface area (Å²) in [7, 11) is 1.32. The highest BCUT2D eigenvalue weighted by Crippen LogP contribution is 2.11. The van der Waals surface area contributed by atoms with Crippen LogP contribution in [0.3, 0.4) is 0 Å². The number of urea groups is 1. The molecule has 1 heterocycles. The number of nitrogens with one attached hydrogen (secondary N) is 2. The number of esters is 1. The van der Waals surface area contributed by atoms with E-state index in [0.29, 0.717) is 17.8 Å². The third-order valence-electron chi connectivity index (χ3n) is 3.33. The first-order chi connectivity index (χ1) is 11.1. The first-order valence-electron chi connectivity index (χ1n) is 7.31. The highest BCUT2D eigenvalue weighted by atomic mass is 16.5. The number of aryl methyl sites for hydroxylation is 2. The predicted molar refractivity (Wildman–Crippen MR) is 86.4 cm³/mol. The highest BCUT2D eigenvalue weighted by Gasteiger charge is 2.07. The van der Waals surface area contributed by atoms with Gasteiger partial charge < -0.3 is 19.9 Å². The number of amides is 2. The van der Waals surface area contributed by atoms with Crippen molar-refractivity contribution in [1.82, 2.24) is 14.9 Å². The van der Waals surface area contributed by atoms with Crippen LogP contribution in [0.5, 0.6) is 0 Å². The van der Waals surface area contributed by atoms with Crippen LogP contribution < -0.4 is 10.6 Å². The van der Waals surface area contributed by atoms with E-state index in [9.17, 15) is 9.59 Å². The standard InChI is InChI=1S/C16H20N4O3/c1-12-17-8-10-20(12)9-4-7-18-16(22)19-14-6-3-5-13(11-14)15(21)23-2/h3,5-6,8,10-11H,4,7,9H2,1-2H3,(H2,18,19,22). The van der Waals surface area contributed by atoms with Gasteiger partial charge in [-0.15, -0.1) is 0 Å². The molecule has 2 amide bonds. The van der Waals surface area contributed by atoms with Crippen molar-refractivity contribution in [2.24, 2.45) is 0 Å². The Morgan fingerprint density at radius 2 is 2.17 bits per heavy atom. The summed E-state index contributed by atoms with van der Waals surface area (Å²) >= 11 is 0. The lowest BCUT2D eigenvalue weighted by Crippen LogP contribution is -2.30. The van der Waals surface area contributed by atoms with E-state index in [0.717, 1.165) is 18.8 Å². The van der Waals surface area contributed by atoms with Gasteiger partial charge in [-0.3, -0.25) is 0 Å². The van der Waals surface area contributed by atoms with Gasteiger partial charge in [0.15, 0.2) is 0 Å². The van der Waals surface area contributed by atoms with Crippen LogP contribution in [0, 0.1) is 6.92 Å². The second-order valence-electron chi connectivity index (χ2n) is 4.97. The Balaban J connectivity index is 1.76. The smallest absolute Gasteiger partial charge is 0.337 e. The summed E-state index contributed by atoms with van der Waals surface area (Å²) in [5.74, 6) is 0.513. The first kappa shape index (κ1) is 16.5. The van der Waals surface area contributed by atoms with E-state index in [-0.39, 0.29) is 6.03 Å². The minimum atomic E-state index is -0.440. The van der Waals surface area contributed by atoms with E-state index >= 15 is 0 Å².